The van der Waals surface area contributed by atoms with Gasteiger partial charge in [0.2, 0.25) is 0 Å². The van der Waals surface area contributed by atoms with Crippen LogP contribution in [0.1, 0.15) is 24.2 Å². The summed E-state index contributed by atoms with van der Waals surface area (Å²) in [5.74, 6) is 1.02. The molecule has 0 bridgehead atoms. The van der Waals surface area contributed by atoms with Crippen molar-refractivity contribution in [3.8, 4) is 0 Å². The highest BCUT2D eigenvalue weighted by atomic mass is 15.0. The van der Waals surface area contributed by atoms with Gasteiger partial charge in [0.25, 0.3) is 0 Å². The number of nitrogens with zero attached hydrogens (tertiary/aromatic N) is 2. The van der Waals surface area contributed by atoms with Gasteiger partial charge in [-0.3, -0.25) is 0 Å². The number of imidazole rings is 1. The van der Waals surface area contributed by atoms with E-state index in [9.17, 15) is 0 Å². The summed E-state index contributed by atoms with van der Waals surface area (Å²) in [4.78, 5) is 4.26. The first-order chi connectivity index (χ1) is 6.69. The molecule has 2 aromatic heterocycles. The van der Waals surface area contributed by atoms with E-state index in [0.717, 1.165) is 24.2 Å². The van der Waals surface area contributed by atoms with Gasteiger partial charge < -0.3 is 10.1 Å². The largest absolute Gasteiger partial charge is 0.321 e. The third-order valence-electron chi connectivity index (χ3n) is 3.08. The minimum absolute atomic E-state index is 0.0507. The number of aryl methyl sites for hydroxylation is 1. The zero-order valence-corrected chi connectivity index (χ0v) is 8.20. The maximum Gasteiger partial charge on any atom is 0.110 e. The smallest absolute Gasteiger partial charge is 0.110 e. The van der Waals surface area contributed by atoms with Crippen molar-refractivity contribution in [1.82, 2.24) is 9.38 Å². The van der Waals surface area contributed by atoms with Crippen LogP contribution in [0.15, 0.2) is 24.5 Å². The summed E-state index contributed by atoms with van der Waals surface area (Å²) in [6.45, 7) is 2.01. The number of rotatable bonds is 1. The van der Waals surface area contributed by atoms with E-state index in [1.54, 1.807) is 0 Å². The predicted octanol–water partition coefficient (Wildman–Crippen LogP) is 1.59. The molecule has 0 aromatic carbocycles. The topological polar surface area (TPSA) is 43.3 Å². The third-order valence-corrected chi connectivity index (χ3v) is 3.08. The molecule has 0 spiro atoms. The molecule has 3 nitrogen and oxygen atoms in total. The van der Waals surface area contributed by atoms with E-state index >= 15 is 0 Å². The molecular formula is C11H13N3. The average molecular weight is 187 g/mol. The Kier molecular flexibility index (Phi) is 1.35. The first-order valence-corrected chi connectivity index (χ1v) is 4.92. The fourth-order valence-electron chi connectivity index (χ4n) is 1.84. The monoisotopic (exact) mass is 187 g/mol. The second-order valence-electron chi connectivity index (χ2n) is 4.17. The molecule has 0 atom stereocenters. The van der Waals surface area contributed by atoms with E-state index in [-0.39, 0.29) is 5.54 Å². The van der Waals surface area contributed by atoms with Gasteiger partial charge >= 0.3 is 0 Å². The second-order valence-corrected chi connectivity index (χ2v) is 4.17. The molecule has 3 heteroatoms. The Morgan fingerprint density at radius 2 is 2.21 bits per heavy atom. The molecular weight excluding hydrogens is 174 g/mol. The zero-order valence-electron chi connectivity index (χ0n) is 8.20. The quantitative estimate of drug-likeness (QED) is 0.736. The summed E-state index contributed by atoms with van der Waals surface area (Å²) in [5, 5.41) is 0. The van der Waals surface area contributed by atoms with Gasteiger partial charge in [-0.2, -0.15) is 0 Å². The third kappa shape index (κ3) is 0.990. The Hall–Kier alpha value is -1.35. The van der Waals surface area contributed by atoms with E-state index in [2.05, 4.69) is 27.7 Å². The summed E-state index contributed by atoms with van der Waals surface area (Å²) in [7, 11) is 0. The van der Waals surface area contributed by atoms with Crippen LogP contribution in [0.25, 0.3) is 5.52 Å². The van der Waals surface area contributed by atoms with Crippen molar-refractivity contribution in [3.05, 3.63) is 35.9 Å². The first-order valence-electron chi connectivity index (χ1n) is 4.92. The Labute approximate surface area is 82.6 Å². The van der Waals surface area contributed by atoms with E-state index in [4.69, 9.17) is 5.73 Å². The molecule has 3 rings (SSSR count). The minimum atomic E-state index is -0.0507. The van der Waals surface area contributed by atoms with Gasteiger partial charge in [-0.1, -0.05) is 6.07 Å². The lowest BCUT2D eigenvalue weighted by Gasteiger charge is -2.09. The van der Waals surface area contributed by atoms with E-state index in [0.29, 0.717) is 0 Å². The maximum absolute atomic E-state index is 6.14. The van der Waals surface area contributed by atoms with Crippen molar-refractivity contribution >= 4 is 5.52 Å². The summed E-state index contributed by atoms with van der Waals surface area (Å²) in [5.41, 5.74) is 8.46. The number of fused-ring (bicyclic) bond motifs is 1. The fraction of sp³-hybridized carbons (Fsp3) is 0.364. The van der Waals surface area contributed by atoms with Crippen LogP contribution >= 0.6 is 0 Å². The van der Waals surface area contributed by atoms with Crippen molar-refractivity contribution in [2.45, 2.75) is 25.3 Å². The Balaban J connectivity index is 2.23. The number of hydrogen-bond donors (Lipinski definition) is 1. The van der Waals surface area contributed by atoms with Crippen molar-refractivity contribution in [2.75, 3.05) is 0 Å². The number of hydrogen-bond acceptors (Lipinski definition) is 2. The first kappa shape index (κ1) is 8.00. The molecule has 1 aliphatic rings. The summed E-state index contributed by atoms with van der Waals surface area (Å²) >= 11 is 0. The normalized spacial score (nSPS) is 18.7. The van der Waals surface area contributed by atoms with E-state index in [1.165, 1.54) is 5.56 Å². The lowest BCUT2D eigenvalue weighted by Crippen LogP contribution is -2.19. The molecule has 0 saturated heterocycles. The van der Waals surface area contributed by atoms with Crippen LogP contribution in [-0.2, 0) is 5.54 Å². The van der Waals surface area contributed by atoms with Crippen LogP contribution in [0.5, 0.6) is 0 Å². The van der Waals surface area contributed by atoms with Crippen molar-refractivity contribution in [1.29, 1.82) is 0 Å². The molecule has 0 radical (unpaired) electrons. The molecule has 14 heavy (non-hydrogen) atoms. The number of pyridine rings is 1. The van der Waals surface area contributed by atoms with Crippen LogP contribution in [0.2, 0.25) is 0 Å². The standard InChI is InChI=1S/C11H13N3/c1-8-13-6-10-3-2-9(7-14(8)10)11(12)4-5-11/h2-3,6-7H,4-5,12H2,1H3. The van der Waals surface area contributed by atoms with Crippen molar-refractivity contribution in [2.24, 2.45) is 5.73 Å². The molecule has 72 valence electrons. The van der Waals surface area contributed by atoms with Gasteiger partial charge in [-0.25, -0.2) is 4.98 Å². The molecule has 1 fully saturated rings. The average Bonchev–Trinajstić information content (AvgIpc) is 2.84. The van der Waals surface area contributed by atoms with Crippen LogP contribution in [0.3, 0.4) is 0 Å². The van der Waals surface area contributed by atoms with Crippen LogP contribution in [0.4, 0.5) is 0 Å². The van der Waals surface area contributed by atoms with Crippen LogP contribution in [-0.4, -0.2) is 9.38 Å². The zero-order chi connectivity index (χ0) is 9.76. The predicted molar refractivity (Wildman–Crippen MR) is 55.0 cm³/mol. The summed E-state index contributed by atoms with van der Waals surface area (Å²) in [6, 6.07) is 4.20. The summed E-state index contributed by atoms with van der Waals surface area (Å²) < 4.78 is 2.10. The SMILES string of the molecule is Cc1ncc2ccc(C3(N)CC3)cn12. The van der Waals surface area contributed by atoms with Crippen LogP contribution in [0, 0.1) is 6.92 Å². The molecule has 1 saturated carbocycles. The lowest BCUT2D eigenvalue weighted by molar-refractivity contribution is 0.731. The Morgan fingerprint density at radius 3 is 2.93 bits per heavy atom. The van der Waals surface area contributed by atoms with Gasteiger partial charge in [0.15, 0.2) is 0 Å². The second kappa shape index (κ2) is 2.36. The van der Waals surface area contributed by atoms with E-state index in [1.807, 2.05) is 13.1 Å². The van der Waals surface area contributed by atoms with Gasteiger partial charge in [-0.15, -0.1) is 0 Å². The van der Waals surface area contributed by atoms with Gasteiger partial charge in [0, 0.05) is 11.7 Å². The molecule has 2 N–H and O–H groups in total. The van der Waals surface area contributed by atoms with Gasteiger partial charge in [-0.05, 0) is 31.4 Å². The highest BCUT2D eigenvalue weighted by Gasteiger charge is 2.40. The summed E-state index contributed by atoms with van der Waals surface area (Å²) in [6.07, 6.45) is 6.21. The number of nitrogens with two attached hydrogens (primary N) is 1. The maximum atomic E-state index is 6.14. The van der Waals surface area contributed by atoms with Crippen LogP contribution < -0.4 is 5.73 Å². The van der Waals surface area contributed by atoms with Crippen molar-refractivity contribution in [3.63, 3.8) is 0 Å². The highest BCUT2D eigenvalue weighted by Crippen LogP contribution is 2.42. The van der Waals surface area contributed by atoms with Gasteiger partial charge in [0.05, 0.1) is 11.7 Å². The lowest BCUT2D eigenvalue weighted by atomic mass is 10.1. The molecule has 0 aliphatic heterocycles. The number of aromatic nitrogens is 2. The Morgan fingerprint density at radius 1 is 1.43 bits per heavy atom. The van der Waals surface area contributed by atoms with E-state index < -0.39 is 0 Å². The Bertz CT molecular complexity index is 494. The minimum Gasteiger partial charge on any atom is -0.321 e. The molecule has 0 amide bonds. The fourth-order valence-corrected chi connectivity index (χ4v) is 1.84. The molecule has 2 aromatic rings. The molecule has 2 heterocycles. The highest BCUT2D eigenvalue weighted by molar-refractivity contribution is 5.48. The van der Waals surface area contributed by atoms with Crippen molar-refractivity contribution < 1.29 is 0 Å². The molecule has 0 unspecified atom stereocenters. The molecule has 1 aliphatic carbocycles. The van der Waals surface area contributed by atoms with Gasteiger partial charge in [0.1, 0.15) is 5.82 Å².